The summed E-state index contributed by atoms with van der Waals surface area (Å²) in [6, 6.07) is 14.5. The number of thiol groups is 1. The van der Waals surface area contributed by atoms with Crippen LogP contribution in [0.1, 0.15) is 5.56 Å². The number of fused-ring (bicyclic) bond motifs is 2. The molecule has 1 unspecified atom stereocenters. The van der Waals surface area contributed by atoms with Crippen molar-refractivity contribution in [2.45, 2.75) is 26.2 Å². The van der Waals surface area contributed by atoms with Crippen LogP contribution in [-0.2, 0) is 11.7 Å². The Morgan fingerprint density at radius 2 is 1.82 bits per heavy atom. The summed E-state index contributed by atoms with van der Waals surface area (Å²) in [4.78, 5) is 5.21. The van der Waals surface area contributed by atoms with Gasteiger partial charge < -0.3 is 0 Å². The minimum Gasteiger partial charge on any atom is -0.232 e. The zero-order valence-electron chi connectivity index (χ0n) is 8.89. The first-order valence-electron chi connectivity index (χ1n) is 5.23. The summed E-state index contributed by atoms with van der Waals surface area (Å²) < 4.78 is 0. The van der Waals surface area contributed by atoms with Crippen LogP contribution in [0.3, 0.4) is 0 Å². The largest absolute Gasteiger partial charge is 0.232 e. The molecule has 3 rings (SSSR count). The van der Waals surface area contributed by atoms with Gasteiger partial charge in [-0.2, -0.15) is 0 Å². The van der Waals surface area contributed by atoms with Crippen LogP contribution in [-0.4, -0.2) is 0 Å². The molecule has 0 fully saturated rings. The summed E-state index contributed by atoms with van der Waals surface area (Å²) in [5.41, 5.74) is 0.867. The fraction of sp³-hybridized carbons (Fsp3) is 0.0769. The second kappa shape index (κ2) is 4.69. The topological polar surface area (TPSA) is 19.9 Å². The van der Waals surface area contributed by atoms with Crippen LogP contribution >= 0.6 is 35.9 Å². The second-order valence-corrected chi connectivity index (χ2v) is 8.53. The lowest BCUT2D eigenvalue weighted by molar-refractivity contribution is 0.177. The summed E-state index contributed by atoms with van der Waals surface area (Å²) >= 11 is 5.57. The van der Waals surface area contributed by atoms with E-state index in [1.807, 2.05) is 12.1 Å². The molecule has 0 aromatic heterocycles. The second-order valence-electron chi connectivity index (χ2n) is 3.80. The Hall–Kier alpha value is -0.420. The van der Waals surface area contributed by atoms with Crippen LogP contribution in [0.25, 0.3) is 0 Å². The monoisotopic (exact) mass is 325 g/mol. The minimum atomic E-state index is -0.451. The van der Waals surface area contributed by atoms with Gasteiger partial charge in [-0.25, -0.2) is 5.11 Å². The molecular weight excluding hydrogens is 316 g/mol. The maximum atomic E-state index is 10.9. The van der Waals surface area contributed by atoms with Gasteiger partial charge in [-0.05, 0) is 44.6 Å². The lowest BCUT2D eigenvalue weighted by Crippen LogP contribution is -1.94. The highest BCUT2D eigenvalue weighted by Gasteiger charge is 2.21. The van der Waals surface area contributed by atoms with Gasteiger partial charge in [0.15, 0.2) is 0 Å². The van der Waals surface area contributed by atoms with E-state index in [1.165, 1.54) is 19.6 Å². The molecule has 2 aromatic rings. The molecule has 4 heteroatoms. The Balaban J connectivity index is 2.12. The average molecular weight is 326 g/mol. The molecule has 1 aliphatic rings. The van der Waals surface area contributed by atoms with Crippen molar-refractivity contribution in [1.29, 1.82) is 0 Å². The lowest BCUT2D eigenvalue weighted by atomic mass is 10.2. The van der Waals surface area contributed by atoms with Gasteiger partial charge in [-0.3, -0.25) is 0 Å². The number of rotatable bonds is 1. The van der Waals surface area contributed by atoms with Crippen molar-refractivity contribution in [1.82, 2.24) is 0 Å². The SMILES string of the molecule is [O]Cc1ccc2c(c1)Sc1ccccc1[SH]2Br. The normalized spacial score (nSPS) is 19.5. The van der Waals surface area contributed by atoms with Crippen LogP contribution < -0.4 is 0 Å². The molecular formula is C13H10BrOS2. The Labute approximate surface area is 115 Å². The summed E-state index contributed by atoms with van der Waals surface area (Å²) in [5.74, 6) is 0. The van der Waals surface area contributed by atoms with Crippen LogP contribution in [0.4, 0.5) is 0 Å². The first-order valence-corrected chi connectivity index (χ1v) is 9.41. The van der Waals surface area contributed by atoms with E-state index < -0.39 is 9.33 Å². The molecule has 0 amide bonds. The van der Waals surface area contributed by atoms with Crippen molar-refractivity contribution >= 4 is 35.9 Å². The van der Waals surface area contributed by atoms with Crippen LogP contribution in [0.2, 0.25) is 0 Å². The predicted molar refractivity (Wildman–Crippen MR) is 75.8 cm³/mol. The summed E-state index contributed by atoms with van der Waals surface area (Å²) in [7, 11) is -0.451. The van der Waals surface area contributed by atoms with E-state index in [2.05, 4.69) is 45.1 Å². The van der Waals surface area contributed by atoms with Gasteiger partial charge in [0.25, 0.3) is 0 Å². The maximum Gasteiger partial charge on any atom is 0.107 e. The molecule has 0 bridgehead atoms. The molecule has 0 N–H and O–H groups in total. The predicted octanol–water partition coefficient (Wildman–Crippen LogP) is 4.81. The number of hydrogen-bond donors (Lipinski definition) is 1. The van der Waals surface area contributed by atoms with E-state index in [0.29, 0.717) is 0 Å². The first kappa shape index (κ1) is 11.7. The standard InChI is InChI=1S/C13H10BrOS2/c14-17-12-4-2-1-3-10(12)16-11-7-9(8-15)5-6-13(11)17/h1-7,17H,8H2. The quantitative estimate of drug-likeness (QED) is 0.746. The van der Waals surface area contributed by atoms with Crippen LogP contribution in [0.5, 0.6) is 0 Å². The molecule has 2 aromatic carbocycles. The average Bonchev–Trinajstić information content (AvgIpc) is 2.38. The fourth-order valence-corrected chi connectivity index (χ4v) is 7.37. The first-order chi connectivity index (χ1) is 8.29. The van der Waals surface area contributed by atoms with Gasteiger partial charge in [-0.1, -0.05) is 30.0 Å². The molecule has 87 valence electrons. The van der Waals surface area contributed by atoms with Crippen LogP contribution in [0, 0.1) is 0 Å². The molecule has 0 saturated carbocycles. The maximum absolute atomic E-state index is 10.9. The van der Waals surface area contributed by atoms with E-state index in [0.717, 1.165) is 5.56 Å². The van der Waals surface area contributed by atoms with Crippen molar-refractivity contribution in [3.8, 4) is 0 Å². The molecule has 0 aliphatic carbocycles. The highest BCUT2D eigenvalue weighted by atomic mass is 79.9. The molecule has 1 aliphatic heterocycles. The summed E-state index contributed by atoms with van der Waals surface area (Å²) in [5, 5.41) is 10.9. The molecule has 1 nitrogen and oxygen atoms in total. The van der Waals surface area contributed by atoms with Crippen molar-refractivity contribution in [2.24, 2.45) is 0 Å². The van der Waals surface area contributed by atoms with Gasteiger partial charge in [-0.15, -0.1) is 9.33 Å². The van der Waals surface area contributed by atoms with Gasteiger partial charge in [0.1, 0.15) is 6.61 Å². The molecule has 1 heterocycles. The number of hydrogen-bond acceptors (Lipinski definition) is 1. The van der Waals surface area contributed by atoms with E-state index in [-0.39, 0.29) is 6.61 Å². The Bertz CT molecular complexity index is 571. The van der Waals surface area contributed by atoms with Crippen molar-refractivity contribution < 1.29 is 5.11 Å². The molecule has 0 saturated heterocycles. The third kappa shape index (κ3) is 2.03. The Kier molecular flexibility index (Phi) is 3.21. The van der Waals surface area contributed by atoms with Gasteiger partial charge in [0.05, 0.1) is 0 Å². The number of halogens is 1. The third-order valence-electron chi connectivity index (χ3n) is 2.70. The highest BCUT2D eigenvalue weighted by Crippen LogP contribution is 2.61. The molecule has 17 heavy (non-hydrogen) atoms. The zero-order valence-corrected chi connectivity index (χ0v) is 12.2. The van der Waals surface area contributed by atoms with E-state index in [1.54, 1.807) is 11.8 Å². The minimum absolute atomic E-state index is 0.143. The fourth-order valence-electron chi connectivity index (χ4n) is 1.85. The summed E-state index contributed by atoms with van der Waals surface area (Å²) in [6.07, 6.45) is 0. The molecule has 1 radical (unpaired) electrons. The number of benzene rings is 2. The van der Waals surface area contributed by atoms with Gasteiger partial charge in [0, 0.05) is 19.6 Å². The van der Waals surface area contributed by atoms with Crippen LogP contribution in [0.15, 0.2) is 62.0 Å². The van der Waals surface area contributed by atoms with Crippen molar-refractivity contribution in [2.75, 3.05) is 0 Å². The zero-order chi connectivity index (χ0) is 11.8. The highest BCUT2D eigenvalue weighted by molar-refractivity contribution is 9.54. The van der Waals surface area contributed by atoms with Gasteiger partial charge in [0.2, 0.25) is 0 Å². The van der Waals surface area contributed by atoms with Gasteiger partial charge >= 0.3 is 0 Å². The molecule has 1 atom stereocenters. The lowest BCUT2D eigenvalue weighted by Gasteiger charge is -2.26. The Morgan fingerprint density at radius 1 is 1.06 bits per heavy atom. The van der Waals surface area contributed by atoms with E-state index in [9.17, 15) is 5.11 Å². The van der Waals surface area contributed by atoms with Crippen molar-refractivity contribution in [3.05, 3.63) is 48.0 Å². The summed E-state index contributed by atoms with van der Waals surface area (Å²) in [6.45, 7) is -0.143. The third-order valence-corrected chi connectivity index (χ3v) is 8.05. The molecule has 0 spiro atoms. The smallest absolute Gasteiger partial charge is 0.107 e. The van der Waals surface area contributed by atoms with E-state index >= 15 is 0 Å². The van der Waals surface area contributed by atoms with E-state index in [4.69, 9.17) is 0 Å². The Morgan fingerprint density at radius 3 is 2.65 bits per heavy atom. The van der Waals surface area contributed by atoms with Crippen molar-refractivity contribution in [3.63, 3.8) is 0 Å².